The number of β-lactam (4-membered cyclic amide) rings is 1. The van der Waals surface area contributed by atoms with E-state index >= 15 is 0 Å². The second kappa shape index (κ2) is 12.2. The molecule has 1 saturated heterocycles. The number of carboxylic acids is 1. The normalized spacial score (nSPS) is 21.3. The van der Waals surface area contributed by atoms with E-state index in [4.69, 9.17) is 16.3 Å². The minimum absolute atomic E-state index is 0.113. The molecule has 3 atom stereocenters. The zero-order valence-electron chi connectivity index (χ0n) is 21.1. The number of thioether (sulfide) groups is 1. The number of aromatic nitrogens is 1. The van der Waals surface area contributed by atoms with E-state index in [0.29, 0.717) is 28.9 Å². The lowest BCUT2D eigenvalue weighted by Crippen LogP contribution is -2.71. The molecular formula is C23H30N7O6S2+. The molecule has 6 N–H and O–H groups in total. The third-order valence-corrected chi connectivity index (χ3v) is 8.08. The van der Waals surface area contributed by atoms with Crippen LogP contribution in [-0.4, -0.2) is 99.8 Å². The summed E-state index contributed by atoms with van der Waals surface area (Å²) in [6.07, 6.45) is 6.60. The Bertz CT molecular complexity index is 1240. The van der Waals surface area contributed by atoms with Gasteiger partial charge in [0.05, 0.1) is 26.7 Å². The van der Waals surface area contributed by atoms with Crippen molar-refractivity contribution >= 4 is 57.6 Å². The van der Waals surface area contributed by atoms with Gasteiger partial charge in [-0.15, -0.1) is 23.1 Å². The number of nitrogen functional groups attached to an aromatic ring is 1. The molecule has 0 spiro atoms. The molecule has 0 bridgehead atoms. The Hall–Kier alpha value is -3.69. The molecule has 1 fully saturated rings. The number of anilines is 1. The number of nitrogens with zero attached hydrogens (tertiary/aromatic N) is 4. The van der Waals surface area contributed by atoms with Gasteiger partial charge in [-0.2, -0.15) is 0 Å². The maximum Gasteiger partial charge on any atom is 0.352 e. The fourth-order valence-corrected chi connectivity index (χ4v) is 5.74. The van der Waals surface area contributed by atoms with Crippen LogP contribution in [0.1, 0.15) is 12.6 Å². The monoisotopic (exact) mass is 564 g/mol. The zero-order chi connectivity index (χ0) is 28.0. The van der Waals surface area contributed by atoms with Crippen molar-refractivity contribution in [3.63, 3.8) is 0 Å². The van der Waals surface area contributed by atoms with Crippen LogP contribution in [0.2, 0.25) is 0 Å². The number of hydrogen-bond acceptors (Lipinski definition) is 10. The van der Waals surface area contributed by atoms with Crippen LogP contribution in [0.3, 0.4) is 0 Å². The molecule has 3 unspecified atom stereocenters. The number of nitrogens with two attached hydrogens (primary N) is 2. The minimum Gasteiger partial charge on any atom is -0.477 e. The number of aliphatic carboxylic acids is 1. The maximum atomic E-state index is 13.0. The number of quaternary nitrogens is 1. The van der Waals surface area contributed by atoms with E-state index < -0.39 is 35.1 Å². The van der Waals surface area contributed by atoms with E-state index in [1.807, 2.05) is 20.0 Å². The number of allylic oxidation sites excluding steroid dienone is 1. The molecule has 2 aliphatic rings. The maximum absolute atomic E-state index is 13.0. The number of primary amides is 1. The van der Waals surface area contributed by atoms with Gasteiger partial charge in [0.2, 0.25) is 5.91 Å². The number of nitrogens with one attached hydrogen (secondary N) is 1. The first-order valence-electron chi connectivity index (χ1n) is 11.5. The van der Waals surface area contributed by atoms with Gasteiger partial charge >= 0.3 is 5.97 Å². The van der Waals surface area contributed by atoms with E-state index in [9.17, 15) is 24.3 Å². The number of rotatable bonds is 12. The van der Waals surface area contributed by atoms with Crippen LogP contribution in [0, 0.1) is 0 Å². The van der Waals surface area contributed by atoms with Gasteiger partial charge in [0.15, 0.2) is 10.8 Å². The Balaban J connectivity index is 1.74. The Morgan fingerprint density at radius 3 is 2.66 bits per heavy atom. The minimum atomic E-state index is -1.23. The summed E-state index contributed by atoms with van der Waals surface area (Å²) in [4.78, 5) is 58.9. The highest BCUT2D eigenvalue weighted by molar-refractivity contribution is 8.00. The van der Waals surface area contributed by atoms with Crippen molar-refractivity contribution in [1.82, 2.24) is 15.2 Å². The zero-order valence-corrected chi connectivity index (χ0v) is 22.8. The summed E-state index contributed by atoms with van der Waals surface area (Å²) in [6.45, 7) is 3.91. The van der Waals surface area contributed by atoms with E-state index in [2.05, 4.69) is 15.5 Å². The average molecular weight is 565 g/mol. The first kappa shape index (κ1) is 28.9. The number of fused-ring (bicyclic) bond motifs is 1. The highest BCUT2D eigenvalue weighted by Gasteiger charge is 2.54. The number of carbonyl (C=O) groups excluding carboxylic acids is 3. The lowest BCUT2D eigenvalue weighted by Gasteiger charge is -2.49. The van der Waals surface area contributed by atoms with Crippen LogP contribution in [0.25, 0.3) is 0 Å². The predicted molar refractivity (Wildman–Crippen MR) is 144 cm³/mol. The van der Waals surface area contributed by atoms with Crippen LogP contribution in [-0.2, 0) is 24.0 Å². The second-order valence-electron chi connectivity index (χ2n) is 8.74. The second-order valence-corrected chi connectivity index (χ2v) is 10.7. The predicted octanol–water partition coefficient (Wildman–Crippen LogP) is -0.121. The first-order chi connectivity index (χ1) is 18.0. The fraction of sp³-hybridized carbons (Fsp3) is 0.391. The molecule has 3 rings (SSSR count). The average Bonchev–Trinajstić information content (AvgIpc) is 3.30. The number of amides is 3. The van der Waals surface area contributed by atoms with Crippen LogP contribution in [0.4, 0.5) is 5.13 Å². The molecule has 15 heteroatoms. The van der Waals surface area contributed by atoms with Crippen molar-refractivity contribution in [2.45, 2.75) is 18.3 Å². The molecule has 204 valence electrons. The summed E-state index contributed by atoms with van der Waals surface area (Å²) in [5.41, 5.74) is 11.2. The van der Waals surface area contributed by atoms with Crippen molar-refractivity contribution < 1.29 is 33.6 Å². The molecule has 0 aromatic carbocycles. The summed E-state index contributed by atoms with van der Waals surface area (Å²) < 4.78 is 0.568. The first-order valence-corrected chi connectivity index (χ1v) is 13.4. The lowest BCUT2D eigenvalue weighted by molar-refractivity contribution is -0.896. The topological polar surface area (TPSA) is 190 Å². The summed E-state index contributed by atoms with van der Waals surface area (Å²) >= 11 is 2.47. The van der Waals surface area contributed by atoms with Gasteiger partial charge in [0.25, 0.3) is 11.8 Å². The van der Waals surface area contributed by atoms with Crippen molar-refractivity contribution in [3.05, 3.63) is 46.6 Å². The SMILES string of the molecule is CC[N+](C)(C/C=C/C(N)=O)C/C=C/C1=C(C(=O)O)N2C(=O)C(NC(=O)/C(=N\OC)c3csc(N)n3)C2SC1. The van der Waals surface area contributed by atoms with E-state index in [1.54, 1.807) is 12.2 Å². The quantitative estimate of drug-likeness (QED) is 0.0881. The lowest BCUT2D eigenvalue weighted by atomic mass is 10.0. The number of oxime groups is 1. The summed E-state index contributed by atoms with van der Waals surface area (Å²) in [5, 5.41) is 17.4. The molecule has 38 heavy (non-hydrogen) atoms. The van der Waals surface area contributed by atoms with Gasteiger partial charge in [-0.25, -0.2) is 9.78 Å². The molecule has 1 aromatic rings. The third-order valence-electron chi connectivity index (χ3n) is 6.11. The van der Waals surface area contributed by atoms with Crippen molar-refractivity contribution in [2.75, 3.05) is 45.3 Å². The fourth-order valence-electron chi connectivity index (χ4n) is 3.88. The van der Waals surface area contributed by atoms with Crippen LogP contribution in [0.15, 0.2) is 46.1 Å². The standard InChI is InChI=1S/C23H29N7O6S2/c1-4-30(2,10-6-8-15(24)31)9-5-7-13-11-37-21-17(20(33)29(21)18(13)22(34)35)27-19(32)16(28-36-3)14-12-38-23(25)26-14/h5-8,12,17,21H,4,9-11H2,1-3H3,(H5-,24,25,26,27,31,32,34,35)/p+1/b7-5+,8-6+,28-16-. The van der Waals surface area contributed by atoms with Crippen molar-refractivity contribution in [1.29, 1.82) is 0 Å². The molecule has 0 radical (unpaired) electrons. The largest absolute Gasteiger partial charge is 0.477 e. The summed E-state index contributed by atoms with van der Waals surface area (Å²) in [7, 11) is 3.27. The number of thiazole rings is 1. The molecular weight excluding hydrogens is 534 g/mol. The number of likely N-dealkylation sites (N-methyl/N-ethyl adjacent to an activating group) is 1. The van der Waals surface area contributed by atoms with Gasteiger partial charge < -0.3 is 31.2 Å². The van der Waals surface area contributed by atoms with Crippen LogP contribution >= 0.6 is 23.1 Å². The highest BCUT2D eigenvalue weighted by Crippen LogP contribution is 2.40. The third kappa shape index (κ3) is 6.41. The summed E-state index contributed by atoms with van der Waals surface area (Å²) in [6, 6.07) is -0.942. The Kier molecular flexibility index (Phi) is 9.30. The molecule has 2 aliphatic heterocycles. The Labute approximate surface area is 227 Å². The molecule has 1 aromatic heterocycles. The van der Waals surface area contributed by atoms with Crippen molar-refractivity contribution in [3.8, 4) is 0 Å². The number of hydrogen-bond donors (Lipinski definition) is 4. The van der Waals surface area contributed by atoms with Gasteiger partial charge in [0.1, 0.15) is 29.9 Å². The Morgan fingerprint density at radius 2 is 2.08 bits per heavy atom. The smallest absolute Gasteiger partial charge is 0.352 e. The van der Waals surface area contributed by atoms with Gasteiger partial charge in [-0.3, -0.25) is 19.3 Å². The molecule has 3 heterocycles. The molecule has 3 amide bonds. The highest BCUT2D eigenvalue weighted by atomic mass is 32.2. The van der Waals surface area contributed by atoms with Crippen LogP contribution < -0.4 is 16.8 Å². The number of carbonyl (C=O) groups is 4. The number of carboxylic acid groups (broad SMARTS) is 1. The van der Waals surface area contributed by atoms with Gasteiger partial charge in [-0.1, -0.05) is 11.2 Å². The van der Waals surface area contributed by atoms with Crippen LogP contribution in [0.5, 0.6) is 0 Å². The summed E-state index contributed by atoms with van der Waals surface area (Å²) in [5.74, 6) is -2.65. The Morgan fingerprint density at radius 1 is 1.37 bits per heavy atom. The van der Waals surface area contributed by atoms with E-state index in [0.717, 1.165) is 17.9 Å². The molecule has 0 saturated carbocycles. The van der Waals surface area contributed by atoms with E-state index in [-0.39, 0.29) is 22.2 Å². The van der Waals surface area contributed by atoms with E-state index in [1.165, 1.54) is 35.2 Å². The van der Waals surface area contributed by atoms with Crippen molar-refractivity contribution in [2.24, 2.45) is 10.9 Å². The molecule has 13 nitrogen and oxygen atoms in total. The van der Waals surface area contributed by atoms with Gasteiger partial charge in [-0.05, 0) is 24.6 Å². The molecule has 0 aliphatic carbocycles. The van der Waals surface area contributed by atoms with Gasteiger partial charge in [0, 0.05) is 17.2 Å².